The van der Waals surface area contributed by atoms with Crippen LogP contribution in [0.5, 0.6) is 0 Å². The summed E-state index contributed by atoms with van der Waals surface area (Å²) in [6, 6.07) is -0.464. The highest BCUT2D eigenvalue weighted by Gasteiger charge is 2.18. The van der Waals surface area contributed by atoms with Gasteiger partial charge in [-0.05, 0) is 14.1 Å². The van der Waals surface area contributed by atoms with E-state index in [2.05, 4.69) is 10.4 Å². The van der Waals surface area contributed by atoms with Crippen LogP contribution in [0.1, 0.15) is 11.6 Å². The Kier molecular flexibility index (Phi) is 4.45. The number of likely N-dealkylation sites (N-methyl/N-ethyl adjacent to an activating group) is 1. The zero-order valence-corrected chi connectivity index (χ0v) is 9.97. The number of rotatable bonds is 6. The fourth-order valence-corrected chi connectivity index (χ4v) is 1.40. The fraction of sp³-hybridized carbons (Fsp3) is 0.600. The zero-order chi connectivity index (χ0) is 12.1. The van der Waals surface area contributed by atoms with Crippen molar-refractivity contribution in [3.63, 3.8) is 0 Å². The molecule has 6 heteroatoms. The molecule has 0 aliphatic heterocycles. The predicted molar refractivity (Wildman–Crippen MR) is 61.7 cm³/mol. The summed E-state index contributed by atoms with van der Waals surface area (Å²) in [5, 5.41) is 7.13. The quantitative estimate of drug-likeness (QED) is 0.657. The van der Waals surface area contributed by atoms with Gasteiger partial charge in [-0.25, -0.2) is 0 Å². The maximum Gasteiger partial charge on any atom is 0.239 e. The minimum absolute atomic E-state index is 0.383. The van der Waals surface area contributed by atoms with E-state index in [0.29, 0.717) is 6.54 Å². The van der Waals surface area contributed by atoms with Crippen molar-refractivity contribution in [2.24, 2.45) is 12.8 Å². The Balaban J connectivity index is 2.58. The second-order valence-electron chi connectivity index (χ2n) is 4.04. The van der Waals surface area contributed by atoms with Crippen LogP contribution >= 0.6 is 0 Å². The molecule has 0 spiro atoms. The third kappa shape index (κ3) is 3.63. The fourth-order valence-electron chi connectivity index (χ4n) is 1.40. The van der Waals surface area contributed by atoms with E-state index < -0.39 is 6.04 Å². The summed E-state index contributed by atoms with van der Waals surface area (Å²) in [5.41, 5.74) is 6.14. The normalized spacial score (nSPS) is 13.0. The van der Waals surface area contributed by atoms with E-state index in [9.17, 15) is 4.79 Å². The summed E-state index contributed by atoms with van der Waals surface area (Å²) < 4.78 is 1.65. The van der Waals surface area contributed by atoms with E-state index >= 15 is 0 Å². The van der Waals surface area contributed by atoms with E-state index in [1.807, 2.05) is 19.0 Å². The summed E-state index contributed by atoms with van der Waals surface area (Å²) >= 11 is 0. The molecule has 0 bridgehead atoms. The molecule has 1 aromatic rings. The number of carbonyl (C=O) groups excluding carboxylic acids is 1. The minimum Gasteiger partial charge on any atom is -0.368 e. The van der Waals surface area contributed by atoms with Crippen molar-refractivity contribution >= 4 is 5.91 Å². The minimum atomic E-state index is -0.464. The number of hydrogen-bond acceptors (Lipinski definition) is 4. The first-order chi connectivity index (χ1) is 7.50. The maximum atomic E-state index is 11.3. The summed E-state index contributed by atoms with van der Waals surface area (Å²) in [6.07, 6.45) is 3.44. The highest BCUT2D eigenvalue weighted by atomic mass is 16.1. The molecule has 3 N–H and O–H groups in total. The van der Waals surface area contributed by atoms with Gasteiger partial charge >= 0.3 is 0 Å². The molecule has 0 aliphatic carbocycles. The molecule has 0 saturated heterocycles. The van der Waals surface area contributed by atoms with Crippen molar-refractivity contribution in [1.82, 2.24) is 20.0 Å². The molecule has 0 aromatic carbocycles. The Labute approximate surface area is 95.4 Å². The Hall–Kier alpha value is -1.40. The third-order valence-electron chi connectivity index (χ3n) is 2.25. The van der Waals surface area contributed by atoms with E-state index in [0.717, 1.165) is 12.1 Å². The number of amides is 1. The van der Waals surface area contributed by atoms with Gasteiger partial charge in [0.05, 0.1) is 6.20 Å². The van der Waals surface area contributed by atoms with E-state index in [1.165, 1.54) is 0 Å². The molecule has 0 saturated carbocycles. The molecular weight excluding hydrogens is 206 g/mol. The molecule has 0 aliphatic rings. The van der Waals surface area contributed by atoms with Gasteiger partial charge in [0, 0.05) is 31.9 Å². The number of nitrogens with zero attached hydrogens (tertiary/aromatic N) is 3. The number of primary amides is 1. The van der Waals surface area contributed by atoms with Crippen LogP contribution in [0.25, 0.3) is 0 Å². The predicted octanol–water partition coefficient (Wildman–Crippen LogP) is -0.902. The lowest BCUT2D eigenvalue weighted by atomic mass is 10.1. The van der Waals surface area contributed by atoms with E-state index in [4.69, 9.17) is 5.73 Å². The molecule has 0 fully saturated rings. The SMILES string of the molecule is CN(C)CCNC(C(N)=O)c1cnn(C)c1. The molecule has 1 atom stereocenters. The van der Waals surface area contributed by atoms with Crippen molar-refractivity contribution in [3.8, 4) is 0 Å². The van der Waals surface area contributed by atoms with Crippen molar-refractivity contribution in [3.05, 3.63) is 18.0 Å². The molecule has 1 heterocycles. The smallest absolute Gasteiger partial charge is 0.239 e. The molecule has 16 heavy (non-hydrogen) atoms. The molecule has 6 nitrogen and oxygen atoms in total. The van der Waals surface area contributed by atoms with Crippen LogP contribution in [0.3, 0.4) is 0 Å². The monoisotopic (exact) mass is 225 g/mol. The van der Waals surface area contributed by atoms with Gasteiger partial charge in [-0.3, -0.25) is 9.48 Å². The van der Waals surface area contributed by atoms with Gasteiger partial charge in [0.15, 0.2) is 0 Å². The average Bonchev–Trinajstić information content (AvgIpc) is 2.58. The first kappa shape index (κ1) is 12.7. The Morgan fingerprint density at radius 1 is 1.69 bits per heavy atom. The van der Waals surface area contributed by atoms with Gasteiger partial charge in [-0.15, -0.1) is 0 Å². The number of aryl methyl sites for hydroxylation is 1. The van der Waals surface area contributed by atoms with Crippen LogP contribution in [-0.2, 0) is 11.8 Å². The molecular formula is C10H19N5O. The third-order valence-corrected chi connectivity index (χ3v) is 2.25. The van der Waals surface area contributed by atoms with Crippen LogP contribution in [-0.4, -0.2) is 47.8 Å². The van der Waals surface area contributed by atoms with Crippen molar-refractivity contribution < 1.29 is 4.79 Å². The zero-order valence-electron chi connectivity index (χ0n) is 9.97. The number of carbonyl (C=O) groups is 1. The number of nitrogens with one attached hydrogen (secondary N) is 1. The van der Waals surface area contributed by atoms with Gasteiger partial charge in [0.1, 0.15) is 6.04 Å². The lowest BCUT2D eigenvalue weighted by molar-refractivity contribution is -0.120. The Bertz CT molecular complexity index is 347. The van der Waals surface area contributed by atoms with Gasteiger partial charge in [0.25, 0.3) is 0 Å². The van der Waals surface area contributed by atoms with Crippen molar-refractivity contribution in [1.29, 1.82) is 0 Å². The summed E-state index contributed by atoms with van der Waals surface area (Å²) in [4.78, 5) is 13.3. The van der Waals surface area contributed by atoms with Crippen LogP contribution in [0.15, 0.2) is 12.4 Å². The standard InChI is InChI=1S/C10H19N5O/c1-14(2)5-4-12-9(10(11)16)8-6-13-15(3)7-8/h6-7,9,12H,4-5H2,1-3H3,(H2,11,16). The topological polar surface area (TPSA) is 76.2 Å². The maximum absolute atomic E-state index is 11.3. The average molecular weight is 225 g/mol. The second-order valence-corrected chi connectivity index (χ2v) is 4.04. The van der Waals surface area contributed by atoms with Gasteiger partial charge in [-0.1, -0.05) is 0 Å². The van der Waals surface area contributed by atoms with E-state index in [-0.39, 0.29) is 5.91 Å². The Morgan fingerprint density at radius 2 is 2.38 bits per heavy atom. The second kappa shape index (κ2) is 5.62. The number of nitrogens with two attached hydrogens (primary N) is 1. The van der Waals surface area contributed by atoms with Crippen LogP contribution in [0.4, 0.5) is 0 Å². The van der Waals surface area contributed by atoms with Crippen LogP contribution < -0.4 is 11.1 Å². The van der Waals surface area contributed by atoms with Gasteiger partial charge in [-0.2, -0.15) is 5.10 Å². The Morgan fingerprint density at radius 3 is 2.81 bits per heavy atom. The lowest BCUT2D eigenvalue weighted by Crippen LogP contribution is -2.37. The lowest BCUT2D eigenvalue weighted by Gasteiger charge is -2.16. The summed E-state index contributed by atoms with van der Waals surface area (Å²) in [7, 11) is 5.76. The van der Waals surface area contributed by atoms with Crippen LogP contribution in [0, 0.1) is 0 Å². The first-order valence-corrected chi connectivity index (χ1v) is 5.16. The van der Waals surface area contributed by atoms with Crippen molar-refractivity contribution in [2.45, 2.75) is 6.04 Å². The molecule has 1 unspecified atom stereocenters. The first-order valence-electron chi connectivity index (χ1n) is 5.16. The van der Waals surface area contributed by atoms with Gasteiger partial charge in [0.2, 0.25) is 5.91 Å². The van der Waals surface area contributed by atoms with Crippen molar-refractivity contribution in [2.75, 3.05) is 27.2 Å². The highest BCUT2D eigenvalue weighted by Crippen LogP contribution is 2.10. The highest BCUT2D eigenvalue weighted by molar-refractivity contribution is 5.81. The number of aromatic nitrogens is 2. The molecule has 1 rings (SSSR count). The largest absolute Gasteiger partial charge is 0.368 e. The van der Waals surface area contributed by atoms with Gasteiger partial charge < -0.3 is 16.0 Å². The number of hydrogen-bond donors (Lipinski definition) is 2. The molecule has 90 valence electrons. The molecule has 1 aromatic heterocycles. The summed E-state index contributed by atoms with van der Waals surface area (Å²) in [5.74, 6) is -0.383. The van der Waals surface area contributed by atoms with E-state index in [1.54, 1.807) is 24.1 Å². The molecule has 0 radical (unpaired) electrons. The molecule has 1 amide bonds. The van der Waals surface area contributed by atoms with Crippen LogP contribution in [0.2, 0.25) is 0 Å². The summed E-state index contributed by atoms with van der Waals surface area (Å²) in [6.45, 7) is 1.56.